The van der Waals surface area contributed by atoms with Gasteiger partial charge in [-0.05, 0) is 78.4 Å². The van der Waals surface area contributed by atoms with E-state index in [4.69, 9.17) is 4.74 Å². The fraction of sp³-hybridized carbons (Fsp3) is 0.903. The number of hydrogen-bond acceptors (Lipinski definition) is 5. The van der Waals surface area contributed by atoms with Crippen molar-refractivity contribution < 1.29 is 30.0 Å². The summed E-state index contributed by atoms with van der Waals surface area (Å²) in [5, 5.41) is 44.9. The number of aliphatic hydroxyl groups is 3. The molecule has 0 aromatic rings. The highest BCUT2D eigenvalue weighted by molar-refractivity contribution is 5.76. The van der Waals surface area contributed by atoms with E-state index >= 15 is 0 Å². The van der Waals surface area contributed by atoms with Crippen molar-refractivity contribution in [2.45, 2.75) is 111 Å². The first-order valence-electron chi connectivity index (χ1n) is 14.6. The molecule has 4 fully saturated rings. The molecule has 210 valence electrons. The number of rotatable bonds is 2. The molecule has 4 N–H and O–H groups in total. The molecule has 37 heavy (non-hydrogen) atoms. The predicted molar refractivity (Wildman–Crippen MR) is 142 cm³/mol. The Balaban J connectivity index is 1.73. The molecule has 0 heterocycles. The Kier molecular flexibility index (Phi) is 6.18. The second-order valence-electron chi connectivity index (χ2n) is 15.1. The van der Waals surface area contributed by atoms with Gasteiger partial charge in [-0.25, -0.2) is 0 Å². The molecule has 6 heteroatoms. The van der Waals surface area contributed by atoms with E-state index in [1.54, 1.807) is 7.11 Å². The number of aliphatic hydroxyl groups excluding tert-OH is 3. The van der Waals surface area contributed by atoms with Crippen molar-refractivity contribution in [3.63, 3.8) is 0 Å². The molecule has 4 saturated carbocycles. The first-order chi connectivity index (χ1) is 17.0. The van der Waals surface area contributed by atoms with E-state index < -0.39 is 40.5 Å². The number of methoxy groups -OCH3 is 1. The summed E-state index contributed by atoms with van der Waals surface area (Å²) in [6.07, 6.45) is 3.64. The molecule has 0 spiro atoms. The van der Waals surface area contributed by atoms with Gasteiger partial charge in [0.25, 0.3) is 0 Å². The number of carbonyl (C=O) groups is 1. The highest BCUT2D eigenvalue weighted by Gasteiger charge is 2.74. The predicted octanol–water partition coefficient (Wildman–Crippen LogP) is 4.66. The minimum absolute atomic E-state index is 0.0120. The molecule has 6 nitrogen and oxygen atoms in total. The number of allylic oxidation sites excluding steroid dienone is 1. The van der Waals surface area contributed by atoms with Crippen molar-refractivity contribution in [3.8, 4) is 0 Å². The van der Waals surface area contributed by atoms with E-state index in [1.807, 2.05) is 13.8 Å². The molecule has 0 aromatic heterocycles. The fourth-order valence-electron chi connectivity index (χ4n) is 11.2. The third-order valence-corrected chi connectivity index (χ3v) is 13.6. The Morgan fingerprint density at radius 3 is 2.27 bits per heavy atom. The topological polar surface area (TPSA) is 107 Å². The first kappa shape index (κ1) is 27.6. The lowest BCUT2D eigenvalue weighted by molar-refractivity contribution is -0.280. The molecule has 0 aromatic carbocycles. The van der Waals surface area contributed by atoms with Crippen LogP contribution in [0.4, 0.5) is 0 Å². The van der Waals surface area contributed by atoms with E-state index in [-0.39, 0.29) is 40.6 Å². The molecule has 5 aliphatic carbocycles. The van der Waals surface area contributed by atoms with Gasteiger partial charge >= 0.3 is 5.97 Å². The maximum atomic E-state index is 12.9. The number of aliphatic carboxylic acids is 1. The molecular weight excluding hydrogens is 468 g/mol. The number of carboxylic acids is 1. The largest absolute Gasteiger partial charge is 0.481 e. The quantitative estimate of drug-likeness (QED) is 0.396. The van der Waals surface area contributed by atoms with Gasteiger partial charge in [0.2, 0.25) is 0 Å². The summed E-state index contributed by atoms with van der Waals surface area (Å²) in [6, 6.07) is 0. The number of fused-ring (bicyclic) bond motifs is 7. The van der Waals surface area contributed by atoms with Crippen LogP contribution in [0.5, 0.6) is 0 Å². The van der Waals surface area contributed by atoms with Crippen LogP contribution in [-0.4, -0.2) is 57.9 Å². The summed E-state index contributed by atoms with van der Waals surface area (Å²) in [4.78, 5) is 12.9. The summed E-state index contributed by atoms with van der Waals surface area (Å²) in [6.45, 7) is 15.3. The average molecular weight is 519 g/mol. The summed E-state index contributed by atoms with van der Waals surface area (Å²) >= 11 is 0. The zero-order valence-corrected chi connectivity index (χ0v) is 24.1. The molecule has 0 amide bonds. The number of hydrogen-bond donors (Lipinski definition) is 4. The van der Waals surface area contributed by atoms with Gasteiger partial charge < -0.3 is 25.2 Å². The van der Waals surface area contributed by atoms with Gasteiger partial charge in [-0.15, -0.1) is 0 Å². The molecule has 0 saturated heterocycles. The van der Waals surface area contributed by atoms with E-state index in [0.29, 0.717) is 31.6 Å². The van der Waals surface area contributed by atoms with Crippen LogP contribution < -0.4 is 0 Å². The van der Waals surface area contributed by atoms with E-state index in [1.165, 1.54) is 5.57 Å². The fourth-order valence-corrected chi connectivity index (χ4v) is 11.2. The molecule has 5 aliphatic rings. The van der Waals surface area contributed by atoms with E-state index in [2.05, 4.69) is 40.7 Å². The zero-order chi connectivity index (χ0) is 27.5. The number of carboxylic acid groups (broad SMARTS) is 1. The summed E-state index contributed by atoms with van der Waals surface area (Å²) in [5.41, 5.74) is -1.46. The van der Waals surface area contributed by atoms with Crippen molar-refractivity contribution in [3.05, 3.63) is 11.6 Å². The Labute approximate surface area is 222 Å². The Morgan fingerprint density at radius 1 is 1.03 bits per heavy atom. The molecule has 0 aliphatic heterocycles. The van der Waals surface area contributed by atoms with Crippen LogP contribution in [0.25, 0.3) is 0 Å². The van der Waals surface area contributed by atoms with Crippen molar-refractivity contribution in [2.75, 3.05) is 7.11 Å². The van der Waals surface area contributed by atoms with Crippen LogP contribution in [0.15, 0.2) is 11.6 Å². The summed E-state index contributed by atoms with van der Waals surface area (Å²) in [5.74, 6) is -0.177. The maximum Gasteiger partial charge on any atom is 0.310 e. The normalized spacial score (nSPS) is 56.7. The monoisotopic (exact) mass is 518 g/mol. The molecule has 13 atom stereocenters. The van der Waals surface area contributed by atoms with Gasteiger partial charge in [-0.1, -0.05) is 60.1 Å². The standard InChI is InChI=1S/C31H50O6/c1-16-9-10-31(26(35)36)12-11-29(6)18(23(31)17(16)2)13-20(37-8)24-28(5)15-19(32)25(34)27(3,4)21(28)14-22(33)30(24,29)7/h13,16-17,19-25,32-34H,9-12,14-15H2,1-8H3,(H,35,36). The number of ether oxygens (including phenoxy) is 1. The lowest BCUT2D eigenvalue weighted by Gasteiger charge is -2.73. The second-order valence-corrected chi connectivity index (χ2v) is 15.1. The Bertz CT molecular complexity index is 990. The van der Waals surface area contributed by atoms with Crippen LogP contribution >= 0.6 is 0 Å². The van der Waals surface area contributed by atoms with Crippen molar-refractivity contribution >= 4 is 5.97 Å². The van der Waals surface area contributed by atoms with Crippen molar-refractivity contribution in [2.24, 2.45) is 56.7 Å². The van der Waals surface area contributed by atoms with Gasteiger partial charge in [-0.3, -0.25) is 4.79 Å². The highest BCUT2D eigenvalue weighted by Crippen LogP contribution is 2.76. The first-order valence-corrected chi connectivity index (χ1v) is 14.6. The summed E-state index contributed by atoms with van der Waals surface area (Å²) in [7, 11) is 1.73. The lowest BCUT2D eigenvalue weighted by Crippen LogP contribution is -2.73. The van der Waals surface area contributed by atoms with E-state index in [0.717, 1.165) is 12.8 Å². The maximum absolute atomic E-state index is 12.9. The van der Waals surface area contributed by atoms with Gasteiger partial charge in [0, 0.05) is 18.4 Å². The van der Waals surface area contributed by atoms with Crippen LogP contribution in [0.1, 0.15) is 87.0 Å². The lowest BCUT2D eigenvalue weighted by atomic mass is 9.32. The third kappa shape index (κ3) is 3.16. The van der Waals surface area contributed by atoms with E-state index in [9.17, 15) is 25.2 Å². The van der Waals surface area contributed by atoms with Gasteiger partial charge in [-0.2, -0.15) is 0 Å². The van der Waals surface area contributed by atoms with Crippen LogP contribution in [0.3, 0.4) is 0 Å². The zero-order valence-electron chi connectivity index (χ0n) is 24.1. The van der Waals surface area contributed by atoms with Crippen molar-refractivity contribution in [1.82, 2.24) is 0 Å². The van der Waals surface area contributed by atoms with Crippen LogP contribution in [-0.2, 0) is 9.53 Å². The molecule has 13 unspecified atom stereocenters. The van der Waals surface area contributed by atoms with Crippen molar-refractivity contribution in [1.29, 1.82) is 0 Å². The van der Waals surface area contributed by atoms with Gasteiger partial charge in [0.05, 0.1) is 29.8 Å². The molecule has 0 bridgehead atoms. The van der Waals surface area contributed by atoms with Gasteiger partial charge in [0.15, 0.2) is 0 Å². The highest BCUT2D eigenvalue weighted by atomic mass is 16.5. The van der Waals surface area contributed by atoms with Crippen LogP contribution in [0, 0.1) is 56.7 Å². The average Bonchev–Trinajstić information content (AvgIpc) is 2.82. The minimum atomic E-state index is -0.844. The molecular formula is C31H50O6. The Hall–Kier alpha value is -0.950. The summed E-state index contributed by atoms with van der Waals surface area (Å²) < 4.78 is 6.27. The smallest absolute Gasteiger partial charge is 0.310 e. The van der Waals surface area contributed by atoms with Crippen LogP contribution in [0.2, 0.25) is 0 Å². The molecule has 5 rings (SSSR count). The van der Waals surface area contributed by atoms with Gasteiger partial charge in [0.1, 0.15) is 0 Å². The second kappa shape index (κ2) is 8.28. The molecule has 0 radical (unpaired) electrons. The SMILES string of the molecule is COC1C=C2C3C(C)C(C)CCC3(C(=O)O)CCC2(C)C2(C)C(O)CC3C(C)(C)C(O)C(O)CC3(C)C12. The third-order valence-electron chi connectivity index (χ3n) is 13.6. The minimum Gasteiger partial charge on any atom is -0.481 e. The Morgan fingerprint density at radius 2 is 1.68 bits per heavy atom.